The van der Waals surface area contributed by atoms with Crippen LogP contribution in [0.5, 0.6) is 0 Å². The molecule has 1 aromatic rings. The van der Waals surface area contributed by atoms with Crippen molar-refractivity contribution in [2.24, 2.45) is 5.73 Å². The number of ether oxygens (including phenoxy) is 1. The first kappa shape index (κ1) is 8.79. The highest BCUT2D eigenvalue weighted by Gasteiger charge is 2.20. The van der Waals surface area contributed by atoms with Gasteiger partial charge in [0.05, 0.1) is 12.1 Å². The van der Waals surface area contributed by atoms with E-state index in [1.807, 2.05) is 6.07 Å². The molecule has 2 N–H and O–H groups in total. The molecule has 0 fully saturated rings. The van der Waals surface area contributed by atoms with Crippen molar-refractivity contribution >= 4 is 5.97 Å². The van der Waals surface area contributed by atoms with E-state index in [2.05, 4.69) is 11.8 Å². The normalized spacial score (nSPS) is 12.8. The SMILES string of the molecule is NCC#Cc1ccc2c(c1)COC2=O. The molecule has 0 aliphatic carbocycles. The van der Waals surface area contributed by atoms with Crippen LogP contribution in [0.15, 0.2) is 18.2 Å². The van der Waals surface area contributed by atoms with Gasteiger partial charge in [-0.1, -0.05) is 11.8 Å². The molecule has 3 heteroatoms. The van der Waals surface area contributed by atoms with E-state index in [0.717, 1.165) is 11.1 Å². The number of carbonyl (C=O) groups is 1. The Hall–Kier alpha value is -1.79. The monoisotopic (exact) mass is 187 g/mol. The highest BCUT2D eigenvalue weighted by Crippen LogP contribution is 2.20. The number of carbonyl (C=O) groups excluding carboxylic acids is 1. The Morgan fingerprint density at radius 3 is 3.14 bits per heavy atom. The summed E-state index contributed by atoms with van der Waals surface area (Å²) in [6.45, 7) is 0.693. The predicted octanol–water partition coefficient (Wildman–Crippen LogP) is 0.667. The van der Waals surface area contributed by atoms with Gasteiger partial charge in [-0.25, -0.2) is 4.79 Å². The second-order valence-corrected chi connectivity index (χ2v) is 2.95. The van der Waals surface area contributed by atoms with Crippen molar-refractivity contribution in [2.45, 2.75) is 6.61 Å². The lowest BCUT2D eigenvalue weighted by atomic mass is 10.1. The molecule has 0 bridgehead atoms. The summed E-state index contributed by atoms with van der Waals surface area (Å²) >= 11 is 0. The van der Waals surface area contributed by atoms with Crippen LogP contribution < -0.4 is 5.73 Å². The summed E-state index contributed by atoms with van der Waals surface area (Å²) in [4.78, 5) is 11.1. The van der Waals surface area contributed by atoms with Gasteiger partial charge in [-0.2, -0.15) is 0 Å². The molecule has 0 amide bonds. The molecule has 2 rings (SSSR count). The second kappa shape index (κ2) is 3.52. The van der Waals surface area contributed by atoms with Crippen molar-refractivity contribution in [3.63, 3.8) is 0 Å². The molecule has 1 aromatic carbocycles. The Bertz CT molecular complexity index is 440. The topological polar surface area (TPSA) is 52.3 Å². The Kier molecular flexibility index (Phi) is 2.21. The molecule has 3 nitrogen and oxygen atoms in total. The minimum atomic E-state index is -0.252. The Balaban J connectivity index is 2.37. The largest absolute Gasteiger partial charge is 0.457 e. The molecule has 70 valence electrons. The van der Waals surface area contributed by atoms with E-state index in [-0.39, 0.29) is 5.97 Å². The van der Waals surface area contributed by atoms with E-state index in [1.165, 1.54) is 0 Å². The summed E-state index contributed by atoms with van der Waals surface area (Å²) < 4.78 is 4.87. The lowest BCUT2D eigenvalue weighted by molar-refractivity contribution is 0.0535. The summed E-state index contributed by atoms with van der Waals surface area (Å²) in [5.74, 6) is 5.41. The predicted molar refractivity (Wildman–Crippen MR) is 51.5 cm³/mol. The minimum absolute atomic E-state index is 0.252. The van der Waals surface area contributed by atoms with Gasteiger partial charge in [-0.15, -0.1) is 0 Å². The van der Waals surface area contributed by atoms with Gasteiger partial charge in [0.1, 0.15) is 6.61 Å². The molecule has 0 radical (unpaired) electrons. The van der Waals surface area contributed by atoms with Crippen molar-refractivity contribution in [3.8, 4) is 11.8 Å². The summed E-state index contributed by atoms with van der Waals surface area (Å²) in [6.07, 6.45) is 0. The number of esters is 1. The summed E-state index contributed by atoms with van der Waals surface area (Å²) in [5.41, 5.74) is 7.67. The lowest BCUT2D eigenvalue weighted by Gasteiger charge is -1.94. The number of hydrogen-bond acceptors (Lipinski definition) is 3. The van der Waals surface area contributed by atoms with Gasteiger partial charge in [-0.05, 0) is 18.2 Å². The third-order valence-corrected chi connectivity index (χ3v) is 2.02. The fraction of sp³-hybridized carbons (Fsp3) is 0.182. The maximum absolute atomic E-state index is 11.1. The van der Waals surface area contributed by atoms with Crippen LogP contribution in [0, 0.1) is 11.8 Å². The summed E-state index contributed by atoms with van der Waals surface area (Å²) in [5, 5.41) is 0. The average molecular weight is 187 g/mol. The molecule has 0 saturated heterocycles. The van der Waals surface area contributed by atoms with Gasteiger partial charge >= 0.3 is 5.97 Å². The molecule has 1 aliphatic rings. The number of rotatable bonds is 0. The van der Waals surface area contributed by atoms with Gasteiger partial charge in [0.25, 0.3) is 0 Å². The molecular weight excluding hydrogens is 178 g/mol. The molecule has 14 heavy (non-hydrogen) atoms. The molecule has 1 aliphatic heterocycles. The molecule has 1 heterocycles. The summed E-state index contributed by atoms with van der Waals surface area (Å²) in [7, 11) is 0. The first-order valence-electron chi connectivity index (χ1n) is 4.30. The third kappa shape index (κ3) is 1.48. The maximum Gasteiger partial charge on any atom is 0.338 e. The van der Waals surface area contributed by atoms with Crippen LogP contribution >= 0.6 is 0 Å². The summed E-state index contributed by atoms with van der Waals surface area (Å²) in [6, 6.07) is 5.40. The van der Waals surface area contributed by atoms with Crippen LogP contribution in [0.4, 0.5) is 0 Å². The van der Waals surface area contributed by atoms with Crippen LogP contribution in [0.2, 0.25) is 0 Å². The Morgan fingerprint density at radius 2 is 2.36 bits per heavy atom. The highest BCUT2D eigenvalue weighted by molar-refractivity contribution is 5.93. The standard InChI is InChI=1S/C11H9NO2/c12-5-1-2-8-3-4-10-9(6-8)7-14-11(10)13/h3-4,6H,5,7,12H2. The van der Waals surface area contributed by atoms with Crippen LogP contribution in [0.1, 0.15) is 21.5 Å². The molecule has 0 saturated carbocycles. The van der Waals surface area contributed by atoms with Gasteiger partial charge in [0.2, 0.25) is 0 Å². The van der Waals surface area contributed by atoms with Gasteiger partial charge in [-0.3, -0.25) is 0 Å². The molecule has 0 atom stereocenters. The van der Waals surface area contributed by atoms with Crippen LogP contribution in [0.25, 0.3) is 0 Å². The number of cyclic esters (lactones) is 1. The van der Waals surface area contributed by atoms with E-state index in [4.69, 9.17) is 10.5 Å². The van der Waals surface area contributed by atoms with E-state index in [9.17, 15) is 4.79 Å². The third-order valence-electron chi connectivity index (χ3n) is 2.02. The van der Waals surface area contributed by atoms with Crippen molar-refractivity contribution in [2.75, 3.05) is 6.54 Å². The van der Waals surface area contributed by atoms with E-state index >= 15 is 0 Å². The zero-order chi connectivity index (χ0) is 9.97. The average Bonchev–Trinajstić information content (AvgIpc) is 2.57. The number of nitrogens with two attached hydrogens (primary N) is 1. The molecule has 0 spiro atoms. The maximum atomic E-state index is 11.1. The van der Waals surface area contributed by atoms with Crippen molar-refractivity contribution < 1.29 is 9.53 Å². The first-order chi connectivity index (χ1) is 6.81. The molecule has 0 aromatic heterocycles. The van der Waals surface area contributed by atoms with Gasteiger partial charge in [0, 0.05) is 11.1 Å². The number of fused-ring (bicyclic) bond motifs is 1. The fourth-order valence-corrected chi connectivity index (χ4v) is 1.36. The van der Waals surface area contributed by atoms with E-state index in [0.29, 0.717) is 18.7 Å². The van der Waals surface area contributed by atoms with Crippen molar-refractivity contribution in [3.05, 3.63) is 34.9 Å². The smallest absolute Gasteiger partial charge is 0.338 e. The highest BCUT2D eigenvalue weighted by atomic mass is 16.5. The quantitative estimate of drug-likeness (QED) is 0.479. The van der Waals surface area contributed by atoms with E-state index < -0.39 is 0 Å². The number of hydrogen-bond donors (Lipinski definition) is 1. The Morgan fingerprint density at radius 1 is 1.50 bits per heavy atom. The Labute approximate surface area is 81.9 Å². The van der Waals surface area contributed by atoms with Crippen LogP contribution in [-0.2, 0) is 11.3 Å². The van der Waals surface area contributed by atoms with E-state index in [1.54, 1.807) is 12.1 Å². The van der Waals surface area contributed by atoms with Crippen LogP contribution in [0.3, 0.4) is 0 Å². The minimum Gasteiger partial charge on any atom is -0.457 e. The lowest BCUT2D eigenvalue weighted by Crippen LogP contribution is -1.94. The van der Waals surface area contributed by atoms with Crippen molar-refractivity contribution in [1.29, 1.82) is 0 Å². The zero-order valence-electron chi connectivity index (χ0n) is 7.54. The molecule has 0 unspecified atom stereocenters. The first-order valence-corrected chi connectivity index (χ1v) is 4.30. The zero-order valence-corrected chi connectivity index (χ0v) is 7.54. The van der Waals surface area contributed by atoms with Gasteiger partial charge < -0.3 is 10.5 Å². The second-order valence-electron chi connectivity index (χ2n) is 2.95. The van der Waals surface area contributed by atoms with Crippen molar-refractivity contribution in [1.82, 2.24) is 0 Å². The van der Waals surface area contributed by atoms with Crippen LogP contribution in [-0.4, -0.2) is 12.5 Å². The molecular formula is C11H9NO2. The van der Waals surface area contributed by atoms with Gasteiger partial charge in [0.15, 0.2) is 0 Å². The number of benzene rings is 1. The fourth-order valence-electron chi connectivity index (χ4n) is 1.36.